The molecule has 0 aromatic carbocycles. The Balaban J connectivity index is 1.63. The van der Waals surface area contributed by atoms with Crippen molar-refractivity contribution >= 4 is 17.1 Å². The summed E-state index contributed by atoms with van der Waals surface area (Å²) in [5.41, 5.74) is 1.08. The molecule has 3 aromatic heterocycles. The van der Waals surface area contributed by atoms with Crippen molar-refractivity contribution in [3.63, 3.8) is 0 Å². The van der Waals surface area contributed by atoms with E-state index in [9.17, 15) is 14.9 Å². The van der Waals surface area contributed by atoms with Crippen LogP contribution in [0, 0.1) is 28.6 Å². The molecule has 0 unspecified atom stereocenters. The first-order chi connectivity index (χ1) is 13.6. The number of carbonyl (C=O) groups is 1. The van der Waals surface area contributed by atoms with Crippen molar-refractivity contribution in [3.8, 4) is 11.8 Å². The van der Waals surface area contributed by atoms with Crippen LogP contribution in [0.4, 0.5) is 5.69 Å². The van der Waals surface area contributed by atoms with Gasteiger partial charge in [-0.3, -0.25) is 14.2 Å². The van der Waals surface area contributed by atoms with E-state index in [4.69, 9.17) is 0 Å². The Morgan fingerprint density at radius 1 is 1.25 bits per heavy atom. The molecular formula is C21H19N5O2. The third-order valence-corrected chi connectivity index (χ3v) is 6.10. The van der Waals surface area contributed by atoms with Crippen molar-refractivity contribution in [2.24, 2.45) is 17.3 Å². The van der Waals surface area contributed by atoms with E-state index < -0.39 is 5.41 Å². The van der Waals surface area contributed by atoms with Crippen LogP contribution in [0.2, 0.25) is 0 Å². The number of amides is 1. The van der Waals surface area contributed by atoms with Crippen LogP contribution >= 0.6 is 0 Å². The Bertz CT molecular complexity index is 1200. The SMILES string of the molecule is C[C@@H]1CN(c2ccnn3cc(-n4ccccc4=O)cc23)C(=O)[C@]1(C#N)C1CC1. The van der Waals surface area contributed by atoms with Gasteiger partial charge in [-0.25, -0.2) is 4.52 Å². The van der Waals surface area contributed by atoms with Gasteiger partial charge in [0, 0.05) is 30.9 Å². The molecule has 7 heteroatoms. The number of pyridine rings is 1. The van der Waals surface area contributed by atoms with Gasteiger partial charge < -0.3 is 4.90 Å². The first-order valence-electron chi connectivity index (χ1n) is 9.45. The molecule has 2 atom stereocenters. The lowest BCUT2D eigenvalue weighted by Gasteiger charge is -2.23. The topological polar surface area (TPSA) is 83.4 Å². The second-order valence-corrected chi connectivity index (χ2v) is 7.73. The minimum Gasteiger partial charge on any atom is -0.309 e. The van der Waals surface area contributed by atoms with Crippen LogP contribution in [-0.2, 0) is 4.79 Å². The fourth-order valence-electron chi connectivity index (χ4n) is 4.49. The zero-order chi connectivity index (χ0) is 19.5. The van der Waals surface area contributed by atoms with E-state index in [0.717, 1.165) is 24.0 Å². The summed E-state index contributed by atoms with van der Waals surface area (Å²) in [4.78, 5) is 27.2. The highest BCUT2D eigenvalue weighted by Crippen LogP contribution is 2.54. The molecule has 2 fully saturated rings. The third kappa shape index (κ3) is 2.18. The summed E-state index contributed by atoms with van der Waals surface area (Å²) in [6.07, 6.45) is 6.99. The second kappa shape index (κ2) is 5.80. The summed E-state index contributed by atoms with van der Waals surface area (Å²) in [5, 5.41) is 14.2. The van der Waals surface area contributed by atoms with Crippen LogP contribution in [0.1, 0.15) is 19.8 Å². The average molecular weight is 373 g/mol. The molecule has 1 saturated heterocycles. The van der Waals surface area contributed by atoms with E-state index >= 15 is 0 Å². The van der Waals surface area contributed by atoms with E-state index in [1.807, 2.05) is 13.0 Å². The normalized spacial score (nSPS) is 24.6. The summed E-state index contributed by atoms with van der Waals surface area (Å²) in [7, 11) is 0. The fourth-order valence-corrected chi connectivity index (χ4v) is 4.49. The molecule has 2 aliphatic rings. The van der Waals surface area contributed by atoms with Crippen molar-refractivity contribution in [2.45, 2.75) is 19.8 Å². The van der Waals surface area contributed by atoms with Crippen LogP contribution in [0.25, 0.3) is 11.2 Å². The molecule has 7 nitrogen and oxygen atoms in total. The van der Waals surface area contributed by atoms with E-state index in [2.05, 4.69) is 11.2 Å². The van der Waals surface area contributed by atoms with Crippen LogP contribution in [0.5, 0.6) is 0 Å². The zero-order valence-corrected chi connectivity index (χ0v) is 15.4. The molecule has 1 aliphatic heterocycles. The molecule has 3 aromatic rings. The van der Waals surface area contributed by atoms with Gasteiger partial charge in [0.2, 0.25) is 5.91 Å². The van der Waals surface area contributed by atoms with Crippen molar-refractivity contribution < 1.29 is 4.79 Å². The molecule has 28 heavy (non-hydrogen) atoms. The molecule has 0 spiro atoms. The predicted octanol–water partition coefficient (Wildman–Crippen LogP) is 2.39. The highest BCUT2D eigenvalue weighted by atomic mass is 16.2. The van der Waals surface area contributed by atoms with E-state index in [1.165, 1.54) is 10.6 Å². The quantitative estimate of drug-likeness (QED) is 0.706. The highest BCUT2D eigenvalue weighted by molar-refractivity contribution is 6.05. The second-order valence-electron chi connectivity index (χ2n) is 7.73. The van der Waals surface area contributed by atoms with Crippen molar-refractivity contribution in [1.29, 1.82) is 5.26 Å². The first kappa shape index (κ1) is 16.8. The summed E-state index contributed by atoms with van der Waals surface area (Å²) < 4.78 is 3.21. The number of anilines is 1. The maximum Gasteiger partial charge on any atom is 0.255 e. The Labute approximate surface area is 161 Å². The maximum absolute atomic E-state index is 13.3. The van der Waals surface area contributed by atoms with Crippen molar-refractivity contribution in [2.75, 3.05) is 11.4 Å². The summed E-state index contributed by atoms with van der Waals surface area (Å²) >= 11 is 0. The first-order valence-corrected chi connectivity index (χ1v) is 9.45. The van der Waals surface area contributed by atoms with Crippen LogP contribution < -0.4 is 10.5 Å². The highest BCUT2D eigenvalue weighted by Gasteiger charge is 2.61. The van der Waals surface area contributed by atoms with Crippen LogP contribution in [-0.4, -0.2) is 26.6 Å². The van der Waals surface area contributed by atoms with Gasteiger partial charge in [-0.2, -0.15) is 10.4 Å². The molecule has 140 valence electrons. The number of carbonyl (C=O) groups excluding carboxylic acids is 1. The van der Waals surface area contributed by atoms with E-state index in [1.54, 1.807) is 46.2 Å². The standard InChI is InChI=1S/C21H19N5O2/c1-14-11-25(20(28)21(14,13-22)15-5-6-15)17-7-8-23-26-12-16(10-18(17)26)24-9-3-2-4-19(24)27/h2-4,7-10,12,14-15H,5-6,11H2,1H3/t14-,21+/m1/s1. The van der Waals surface area contributed by atoms with E-state index in [0.29, 0.717) is 12.2 Å². The molecule has 0 radical (unpaired) electrons. The Morgan fingerprint density at radius 2 is 2.07 bits per heavy atom. The van der Waals surface area contributed by atoms with Crippen LogP contribution in [0.15, 0.2) is 53.7 Å². The Morgan fingerprint density at radius 3 is 2.79 bits per heavy atom. The van der Waals surface area contributed by atoms with Gasteiger partial charge in [-0.05, 0) is 37.0 Å². The van der Waals surface area contributed by atoms with Gasteiger partial charge in [0.15, 0.2) is 0 Å². The molecule has 1 aliphatic carbocycles. The number of rotatable bonds is 3. The van der Waals surface area contributed by atoms with Crippen molar-refractivity contribution in [1.82, 2.24) is 14.2 Å². The Hall–Kier alpha value is -3.40. The zero-order valence-electron chi connectivity index (χ0n) is 15.4. The van der Waals surface area contributed by atoms with Gasteiger partial charge in [0.05, 0.1) is 29.2 Å². The number of hydrogen-bond donors (Lipinski definition) is 0. The number of nitriles is 1. The lowest BCUT2D eigenvalue weighted by molar-refractivity contribution is -0.124. The lowest BCUT2D eigenvalue weighted by Crippen LogP contribution is -2.37. The third-order valence-electron chi connectivity index (χ3n) is 6.10. The van der Waals surface area contributed by atoms with Gasteiger partial charge in [0.25, 0.3) is 5.56 Å². The van der Waals surface area contributed by atoms with Gasteiger partial charge in [-0.15, -0.1) is 0 Å². The smallest absolute Gasteiger partial charge is 0.255 e. The molecule has 0 N–H and O–H groups in total. The van der Waals surface area contributed by atoms with Gasteiger partial charge in [0.1, 0.15) is 5.41 Å². The predicted molar refractivity (Wildman–Crippen MR) is 103 cm³/mol. The number of nitrogens with zero attached hydrogens (tertiary/aromatic N) is 5. The minimum absolute atomic E-state index is 0.0307. The number of fused-ring (bicyclic) bond motifs is 1. The lowest BCUT2D eigenvalue weighted by atomic mass is 9.75. The monoisotopic (exact) mass is 373 g/mol. The van der Waals surface area contributed by atoms with E-state index in [-0.39, 0.29) is 23.3 Å². The molecule has 4 heterocycles. The average Bonchev–Trinajstić information content (AvgIpc) is 3.39. The largest absolute Gasteiger partial charge is 0.309 e. The van der Waals surface area contributed by atoms with Gasteiger partial charge >= 0.3 is 0 Å². The molecule has 1 saturated carbocycles. The number of aromatic nitrogens is 3. The molecule has 1 amide bonds. The summed E-state index contributed by atoms with van der Waals surface area (Å²) in [6, 6.07) is 11.0. The maximum atomic E-state index is 13.3. The van der Waals surface area contributed by atoms with Crippen molar-refractivity contribution in [3.05, 3.63) is 59.3 Å². The van der Waals surface area contributed by atoms with Crippen LogP contribution in [0.3, 0.4) is 0 Å². The fraction of sp³-hybridized carbons (Fsp3) is 0.333. The molecule has 0 bridgehead atoms. The summed E-state index contributed by atoms with van der Waals surface area (Å²) in [5.74, 6) is 0.0164. The molecular weight excluding hydrogens is 354 g/mol. The molecule has 5 rings (SSSR count). The van der Waals surface area contributed by atoms with Gasteiger partial charge in [-0.1, -0.05) is 13.0 Å². The Kier molecular flexibility index (Phi) is 3.47. The summed E-state index contributed by atoms with van der Waals surface area (Å²) in [6.45, 7) is 2.50. The minimum atomic E-state index is -0.925. The number of hydrogen-bond acceptors (Lipinski definition) is 4.